The maximum atomic E-state index is 13.3. The molecule has 0 aliphatic carbocycles. The van der Waals surface area contributed by atoms with Gasteiger partial charge in [0.25, 0.3) is 0 Å². The largest absolute Gasteiger partial charge is 0.416 e. The van der Waals surface area contributed by atoms with Crippen LogP contribution in [0.4, 0.5) is 13.2 Å². The summed E-state index contributed by atoms with van der Waals surface area (Å²) < 4.78 is 46.1. The van der Waals surface area contributed by atoms with Crippen molar-refractivity contribution in [2.24, 2.45) is 4.99 Å². The van der Waals surface area contributed by atoms with Gasteiger partial charge in [0.05, 0.1) is 29.9 Å². The Labute approximate surface area is 202 Å². The Hall–Kier alpha value is -2.75. The van der Waals surface area contributed by atoms with Crippen molar-refractivity contribution in [2.75, 3.05) is 26.3 Å². The van der Waals surface area contributed by atoms with Crippen LogP contribution in [0.3, 0.4) is 0 Å². The van der Waals surface area contributed by atoms with E-state index < -0.39 is 23.4 Å². The number of nitrogens with one attached hydrogen (secondary N) is 1. The molecule has 4 rings (SSSR count). The summed E-state index contributed by atoms with van der Waals surface area (Å²) in [5, 5.41) is 13.1. The van der Waals surface area contributed by atoms with Gasteiger partial charge in [0.15, 0.2) is 0 Å². The van der Waals surface area contributed by atoms with E-state index in [1.807, 2.05) is 30.3 Å². The van der Waals surface area contributed by atoms with Gasteiger partial charge in [-0.3, -0.25) is 14.7 Å². The summed E-state index contributed by atoms with van der Waals surface area (Å²) >= 11 is 0. The van der Waals surface area contributed by atoms with E-state index >= 15 is 0 Å². The number of carbonyl (C=O) groups excluding carboxylic acids is 1. The highest BCUT2D eigenvalue weighted by molar-refractivity contribution is 6.04. The number of aliphatic imine (C=N–C) groups is 1. The first kappa shape index (κ1) is 25.3. The SMILES string of the molecule is Cc1cc([C@@H](C)OC[C@@]2(c3ccccc3)CC[C@H](N3C(=O)CN=C3CO)CN2)cc(C(F)(F)F)c1. The van der Waals surface area contributed by atoms with Gasteiger partial charge in [0, 0.05) is 6.54 Å². The maximum absolute atomic E-state index is 13.3. The third-order valence-corrected chi connectivity index (χ3v) is 6.83. The number of aryl methyl sites for hydroxylation is 1. The average molecular weight is 490 g/mol. The monoisotopic (exact) mass is 489 g/mol. The molecule has 9 heteroatoms. The molecule has 3 atom stereocenters. The van der Waals surface area contributed by atoms with Gasteiger partial charge in [0.1, 0.15) is 19.0 Å². The minimum atomic E-state index is -4.42. The summed E-state index contributed by atoms with van der Waals surface area (Å²) in [6, 6.07) is 13.6. The van der Waals surface area contributed by atoms with Crippen LogP contribution in [-0.4, -0.2) is 54.1 Å². The van der Waals surface area contributed by atoms with Crippen molar-refractivity contribution in [3.63, 3.8) is 0 Å². The molecular weight excluding hydrogens is 459 g/mol. The first-order valence-corrected chi connectivity index (χ1v) is 11.7. The molecule has 1 amide bonds. The van der Waals surface area contributed by atoms with Crippen molar-refractivity contribution >= 4 is 11.7 Å². The zero-order valence-corrected chi connectivity index (χ0v) is 19.8. The van der Waals surface area contributed by atoms with Crippen LogP contribution in [0, 0.1) is 6.92 Å². The molecule has 0 unspecified atom stereocenters. The van der Waals surface area contributed by atoms with Crippen LogP contribution >= 0.6 is 0 Å². The third kappa shape index (κ3) is 5.42. The Bertz CT molecular complexity index is 1080. The minimum absolute atomic E-state index is 0.0489. The van der Waals surface area contributed by atoms with Crippen LogP contribution in [0.1, 0.15) is 48.1 Å². The molecule has 6 nitrogen and oxygen atoms in total. The Morgan fingerprint density at radius 1 is 1.26 bits per heavy atom. The fourth-order valence-electron chi connectivity index (χ4n) is 4.92. The van der Waals surface area contributed by atoms with Crippen LogP contribution in [0.15, 0.2) is 53.5 Å². The Balaban J connectivity index is 1.52. The van der Waals surface area contributed by atoms with Crippen LogP contribution in [0.25, 0.3) is 0 Å². The standard InChI is InChI=1S/C26H30F3N3O3/c1-17-10-19(12-21(11-17)26(27,28)29)18(2)35-16-25(20-6-4-3-5-7-20)9-8-22(13-31-25)32-23(15-33)30-14-24(32)34/h3-7,10-12,18,22,31,33H,8-9,13-16H2,1-2H3/t18-,22+,25-/m1/s1. The molecule has 2 aromatic carbocycles. The number of alkyl halides is 3. The third-order valence-electron chi connectivity index (χ3n) is 6.83. The number of aliphatic hydroxyl groups excluding tert-OH is 1. The normalized spacial score (nSPS) is 23.9. The van der Waals surface area contributed by atoms with E-state index in [0.717, 1.165) is 17.7 Å². The molecule has 2 N–H and O–H groups in total. The highest BCUT2D eigenvalue weighted by atomic mass is 19.4. The van der Waals surface area contributed by atoms with Crippen molar-refractivity contribution in [1.82, 2.24) is 10.2 Å². The summed E-state index contributed by atoms with van der Waals surface area (Å²) in [6.07, 6.45) is -3.68. The number of aliphatic hydroxyl groups is 1. The first-order valence-electron chi connectivity index (χ1n) is 11.7. The predicted octanol–water partition coefficient (Wildman–Crippen LogP) is 3.97. The maximum Gasteiger partial charge on any atom is 0.416 e. The second-order valence-corrected chi connectivity index (χ2v) is 9.26. The molecular formula is C26H30F3N3O3. The Morgan fingerprint density at radius 2 is 2.00 bits per heavy atom. The number of ether oxygens (including phenoxy) is 1. The molecule has 0 bridgehead atoms. The van der Waals surface area contributed by atoms with E-state index in [2.05, 4.69) is 10.3 Å². The van der Waals surface area contributed by atoms with Gasteiger partial charge >= 0.3 is 6.18 Å². The lowest BCUT2D eigenvalue weighted by Gasteiger charge is -2.44. The number of carbonyl (C=O) groups is 1. The van der Waals surface area contributed by atoms with Crippen molar-refractivity contribution in [2.45, 2.75) is 50.6 Å². The quantitative estimate of drug-likeness (QED) is 0.617. The van der Waals surface area contributed by atoms with Gasteiger partial charge in [-0.25, -0.2) is 0 Å². The summed E-state index contributed by atoms with van der Waals surface area (Å²) in [6.45, 7) is 3.88. The topological polar surface area (TPSA) is 74.2 Å². The zero-order chi connectivity index (χ0) is 25.2. The minimum Gasteiger partial charge on any atom is -0.388 e. The fraction of sp³-hybridized carbons (Fsp3) is 0.462. The number of piperidine rings is 1. The van der Waals surface area contributed by atoms with Crippen LogP contribution < -0.4 is 5.32 Å². The number of hydrogen-bond acceptors (Lipinski definition) is 5. The van der Waals surface area contributed by atoms with Crippen molar-refractivity contribution in [3.8, 4) is 0 Å². The molecule has 2 aromatic rings. The average Bonchev–Trinajstić information content (AvgIpc) is 3.23. The smallest absolute Gasteiger partial charge is 0.388 e. The first-order chi connectivity index (χ1) is 16.6. The number of amides is 1. The van der Waals surface area contributed by atoms with Gasteiger partial charge < -0.3 is 15.2 Å². The van der Waals surface area contributed by atoms with Crippen LogP contribution in [0.5, 0.6) is 0 Å². The highest BCUT2D eigenvalue weighted by Gasteiger charge is 2.42. The van der Waals surface area contributed by atoms with Crippen molar-refractivity contribution in [1.29, 1.82) is 0 Å². The molecule has 1 saturated heterocycles. The molecule has 2 aliphatic heterocycles. The number of halogens is 3. The van der Waals surface area contributed by atoms with Crippen LogP contribution in [0.2, 0.25) is 0 Å². The lowest BCUT2D eigenvalue weighted by Crippen LogP contribution is -2.58. The van der Waals surface area contributed by atoms with E-state index in [1.54, 1.807) is 24.8 Å². The number of nitrogens with zero attached hydrogens (tertiary/aromatic N) is 2. The Morgan fingerprint density at radius 3 is 2.63 bits per heavy atom. The summed E-state index contributed by atoms with van der Waals surface area (Å²) in [7, 11) is 0. The number of hydrogen-bond donors (Lipinski definition) is 2. The van der Waals surface area contributed by atoms with Crippen molar-refractivity contribution in [3.05, 3.63) is 70.8 Å². The summed E-state index contributed by atoms with van der Waals surface area (Å²) in [5.74, 6) is 0.261. The summed E-state index contributed by atoms with van der Waals surface area (Å²) in [5.41, 5.74) is 0.756. The molecule has 188 valence electrons. The molecule has 2 aliphatic rings. The summed E-state index contributed by atoms with van der Waals surface area (Å²) in [4.78, 5) is 18.0. The van der Waals surface area contributed by atoms with Gasteiger partial charge in [-0.05, 0) is 49.9 Å². The van der Waals surface area contributed by atoms with E-state index in [4.69, 9.17) is 4.74 Å². The second-order valence-electron chi connectivity index (χ2n) is 9.26. The molecule has 1 fully saturated rings. The fourth-order valence-corrected chi connectivity index (χ4v) is 4.92. The Kier molecular flexibility index (Phi) is 7.30. The van der Waals surface area contributed by atoms with E-state index in [-0.39, 0.29) is 31.7 Å². The molecule has 0 radical (unpaired) electrons. The molecule has 0 aromatic heterocycles. The van der Waals surface area contributed by atoms with Gasteiger partial charge in [0.2, 0.25) is 5.91 Å². The lowest BCUT2D eigenvalue weighted by molar-refractivity contribution is -0.137. The van der Waals surface area contributed by atoms with E-state index in [1.165, 1.54) is 0 Å². The highest BCUT2D eigenvalue weighted by Crippen LogP contribution is 2.36. The van der Waals surface area contributed by atoms with Gasteiger partial charge in [-0.1, -0.05) is 42.0 Å². The molecule has 0 spiro atoms. The van der Waals surface area contributed by atoms with Gasteiger partial charge in [-0.2, -0.15) is 13.2 Å². The zero-order valence-electron chi connectivity index (χ0n) is 19.8. The van der Waals surface area contributed by atoms with E-state index in [9.17, 15) is 23.1 Å². The van der Waals surface area contributed by atoms with E-state index in [0.29, 0.717) is 36.3 Å². The molecule has 35 heavy (non-hydrogen) atoms. The van der Waals surface area contributed by atoms with Crippen LogP contribution in [-0.2, 0) is 21.2 Å². The number of rotatable bonds is 7. The number of amidine groups is 1. The number of benzene rings is 2. The molecule has 0 saturated carbocycles. The van der Waals surface area contributed by atoms with Crippen molar-refractivity contribution < 1.29 is 27.8 Å². The molecule has 2 heterocycles. The van der Waals surface area contributed by atoms with Gasteiger partial charge in [-0.15, -0.1) is 0 Å². The lowest BCUT2D eigenvalue weighted by atomic mass is 9.81. The second kappa shape index (κ2) is 10.1. The predicted molar refractivity (Wildman–Crippen MR) is 126 cm³/mol.